The molecule has 188 valence electrons. The molecule has 0 amide bonds. The van der Waals surface area contributed by atoms with Gasteiger partial charge in [0.15, 0.2) is 11.7 Å². The fraction of sp³-hybridized carbons (Fsp3) is 0.750. The van der Waals surface area contributed by atoms with E-state index in [0.717, 1.165) is 0 Å². The molecule has 0 aromatic carbocycles. The molecule has 7 N–H and O–H groups in total. The first-order valence-electron chi connectivity index (χ1n) is 9.00. The summed E-state index contributed by atoms with van der Waals surface area (Å²) in [5, 5.41) is 22.9. The molecule has 1 fully saturated rings. The van der Waals surface area contributed by atoms with E-state index in [2.05, 4.69) is 33.5 Å². The van der Waals surface area contributed by atoms with Crippen molar-refractivity contribution in [2.45, 2.75) is 36.9 Å². The Balaban J connectivity index is 1.67. The Morgan fingerprint density at radius 2 is 1.94 bits per heavy atom. The number of nitrogens with one attached hydrogen (secondary N) is 1. The van der Waals surface area contributed by atoms with Crippen LogP contribution < -0.4 is 5.43 Å². The van der Waals surface area contributed by atoms with Gasteiger partial charge in [-0.3, -0.25) is 24.9 Å². The quantitative estimate of drug-likeness (QED) is 0.163. The van der Waals surface area contributed by atoms with Crippen LogP contribution in [0.2, 0.25) is 0 Å². The molecule has 0 aromatic heterocycles. The second-order valence-electron chi connectivity index (χ2n) is 7.19. The first-order valence-corrected chi connectivity index (χ1v) is 13.5. The minimum absolute atomic E-state index is 0.112. The van der Waals surface area contributed by atoms with E-state index in [1.807, 2.05) is 0 Å². The minimum atomic E-state index is -5.70. The normalized spacial score (nSPS) is 36.8. The zero-order chi connectivity index (χ0) is 24.8. The van der Waals surface area contributed by atoms with E-state index in [9.17, 15) is 33.7 Å². The van der Waals surface area contributed by atoms with Crippen molar-refractivity contribution in [2.75, 3.05) is 20.2 Å². The van der Waals surface area contributed by atoms with Crippen molar-refractivity contribution in [1.29, 1.82) is 0 Å². The first-order chi connectivity index (χ1) is 15.1. The number of ether oxygens (including phenoxy) is 1. The Hall–Kier alpha value is -1.10. The van der Waals surface area contributed by atoms with E-state index in [4.69, 9.17) is 14.5 Å². The first kappa shape index (κ1) is 26.5. The van der Waals surface area contributed by atoms with Crippen LogP contribution in [0.3, 0.4) is 0 Å². The summed E-state index contributed by atoms with van der Waals surface area (Å²) in [6.45, 7) is 0.452. The topological polar surface area (TPSA) is 262 Å². The number of nitrogens with zero attached hydrogens (tertiary/aromatic N) is 4. The molecule has 3 heterocycles. The van der Waals surface area contributed by atoms with E-state index in [1.165, 1.54) is 25.3 Å². The van der Waals surface area contributed by atoms with Gasteiger partial charge in [-0.1, -0.05) is 0 Å². The number of hydrogen-bond donors (Lipinski definition) is 7. The van der Waals surface area contributed by atoms with Gasteiger partial charge in [0.05, 0.1) is 13.2 Å². The summed E-state index contributed by atoms with van der Waals surface area (Å²) in [6.07, 6.45) is -2.85. The molecule has 0 aliphatic carbocycles. The average Bonchev–Trinajstić information content (AvgIpc) is 3.16. The molecular formula is C12H22N5O13P3. The van der Waals surface area contributed by atoms with E-state index in [0.29, 0.717) is 11.7 Å². The number of aliphatic hydroxyl groups excluding tert-OH is 1. The van der Waals surface area contributed by atoms with E-state index >= 15 is 0 Å². The molecule has 0 aromatic rings. The predicted molar refractivity (Wildman–Crippen MR) is 108 cm³/mol. The van der Waals surface area contributed by atoms with Crippen LogP contribution in [-0.4, -0.2) is 103 Å². The van der Waals surface area contributed by atoms with Gasteiger partial charge in [0.2, 0.25) is 0 Å². The van der Waals surface area contributed by atoms with Crippen LogP contribution in [0.1, 0.15) is 6.92 Å². The van der Waals surface area contributed by atoms with Crippen LogP contribution in [0.15, 0.2) is 15.0 Å². The van der Waals surface area contributed by atoms with Crippen molar-refractivity contribution in [3.63, 3.8) is 0 Å². The zero-order valence-electron chi connectivity index (χ0n) is 17.0. The maximum atomic E-state index is 11.9. The van der Waals surface area contributed by atoms with Crippen molar-refractivity contribution in [2.24, 2.45) is 15.0 Å². The highest BCUT2D eigenvalue weighted by Gasteiger charge is 2.58. The summed E-state index contributed by atoms with van der Waals surface area (Å²) in [5.74, 6) is 0.689. The lowest BCUT2D eigenvalue weighted by molar-refractivity contribution is -0.0855. The number of hydrazine groups is 1. The monoisotopic (exact) mass is 537 g/mol. The van der Waals surface area contributed by atoms with Crippen molar-refractivity contribution >= 4 is 41.5 Å². The lowest BCUT2D eigenvalue weighted by Crippen LogP contribution is -2.60. The molecule has 0 bridgehead atoms. The molecule has 3 unspecified atom stereocenters. The molecule has 0 saturated carbocycles. The Bertz CT molecular complexity index is 1010. The van der Waals surface area contributed by atoms with Crippen LogP contribution in [-0.2, 0) is 31.6 Å². The molecule has 0 radical (unpaired) electrons. The third-order valence-electron chi connectivity index (χ3n) is 4.80. The van der Waals surface area contributed by atoms with Crippen molar-refractivity contribution in [3.05, 3.63) is 0 Å². The van der Waals surface area contributed by atoms with Gasteiger partial charge in [0.25, 0.3) is 0 Å². The number of fused-ring (bicyclic) bond motifs is 1. The summed E-state index contributed by atoms with van der Waals surface area (Å²) in [5.41, 5.74) is 0.922. The van der Waals surface area contributed by atoms with Gasteiger partial charge in [-0.2, -0.15) is 8.62 Å². The lowest BCUT2D eigenvalue weighted by Gasteiger charge is -2.36. The number of phosphoric ester groups is 1. The second-order valence-corrected chi connectivity index (χ2v) is 11.6. The van der Waals surface area contributed by atoms with Crippen LogP contribution >= 0.6 is 23.5 Å². The summed E-state index contributed by atoms with van der Waals surface area (Å²) < 4.78 is 51.4. The van der Waals surface area contributed by atoms with Crippen LogP contribution in [0.5, 0.6) is 0 Å². The molecule has 1 saturated heterocycles. The number of rotatable bonds is 8. The van der Waals surface area contributed by atoms with Gasteiger partial charge >= 0.3 is 23.5 Å². The number of phosphoric acid groups is 3. The SMILES string of the molecule is CN=C1N=CNN2C1=NCC2[C@@H]1O[C@H](COP(=O)(O)OP(=O)(O)OP(=O)(O)O)[C@@H](O)[C@@]1(C)O. The molecule has 7 atom stereocenters. The highest BCUT2D eigenvalue weighted by Crippen LogP contribution is 2.66. The maximum Gasteiger partial charge on any atom is 0.490 e. The summed E-state index contributed by atoms with van der Waals surface area (Å²) in [4.78, 5) is 48.2. The van der Waals surface area contributed by atoms with Crippen LogP contribution in [0.25, 0.3) is 0 Å². The number of amidine groups is 2. The van der Waals surface area contributed by atoms with Gasteiger partial charge in [-0.05, 0) is 6.92 Å². The Morgan fingerprint density at radius 1 is 1.27 bits per heavy atom. The number of aliphatic hydroxyl groups is 2. The zero-order valence-corrected chi connectivity index (χ0v) is 19.7. The molecule has 0 spiro atoms. The highest BCUT2D eigenvalue weighted by molar-refractivity contribution is 7.66. The van der Waals surface area contributed by atoms with Crippen LogP contribution in [0, 0.1) is 0 Å². The van der Waals surface area contributed by atoms with Gasteiger partial charge in [-0.25, -0.2) is 18.7 Å². The third kappa shape index (κ3) is 5.94. The molecule has 18 nitrogen and oxygen atoms in total. The number of aliphatic imine (C=N–C) groups is 3. The highest BCUT2D eigenvalue weighted by atomic mass is 31.3. The lowest BCUT2D eigenvalue weighted by atomic mass is 9.89. The smallest absolute Gasteiger partial charge is 0.387 e. The molecular weight excluding hydrogens is 515 g/mol. The molecule has 33 heavy (non-hydrogen) atoms. The fourth-order valence-electron chi connectivity index (χ4n) is 3.46. The Labute approximate surface area is 186 Å². The fourth-order valence-corrected chi connectivity index (χ4v) is 6.49. The standard InChI is InChI=1S/C12H22N5O13P3/c1-12(19)8(18)7(4-27-32(23,24)30-33(25,26)29-31(20,21)22)28-9(12)6-3-14-11-10(13-2)15-5-16-17(6)11/h5-9,18-19H,3-4H2,1-2H3,(H,23,24)(H,25,26)(H,13,15,16)(H2,20,21,22)/t6?,7-,8-,9+,12-/m1/s1. The largest absolute Gasteiger partial charge is 0.490 e. The average molecular weight is 537 g/mol. The van der Waals surface area contributed by atoms with Crippen molar-refractivity contribution in [1.82, 2.24) is 10.4 Å². The van der Waals surface area contributed by atoms with Gasteiger partial charge in [0, 0.05) is 7.05 Å². The maximum absolute atomic E-state index is 11.9. The van der Waals surface area contributed by atoms with Gasteiger partial charge in [0.1, 0.15) is 36.3 Å². The molecule has 3 aliphatic rings. The van der Waals surface area contributed by atoms with Crippen molar-refractivity contribution < 1.29 is 61.4 Å². The Morgan fingerprint density at radius 3 is 2.55 bits per heavy atom. The minimum Gasteiger partial charge on any atom is -0.387 e. The summed E-state index contributed by atoms with van der Waals surface area (Å²) in [7, 11) is -15.2. The van der Waals surface area contributed by atoms with Gasteiger partial charge in [-0.15, -0.1) is 0 Å². The third-order valence-corrected chi connectivity index (χ3v) is 8.60. The molecule has 21 heteroatoms. The van der Waals surface area contributed by atoms with E-state index in [-0.39, 0.29) is 6.54 Å². The van der Waals surface area contributed by atoms with Crippen molar-refractivity contribution in [3.8, 4) is 0 Å². The molecule has 3 rings (SSSR count). The predicted octanol–water partition coefficient (Wildman–Crippen LogP) is -2.13. The van der Waals surface area contributed by atoms with Crippen LogP contribution in [0.4, 0.5) is 0 Å². The van der Waals surface area contributed by atoms with E-state index in [1.54, 1.807) is 0 Å². The molecule has 3 aliphatic heterocycles. The summed E-state index contributed by atoms with van der Waals surface area (Å²) >= 11 is 0. The Kier molecular flexibility index (Phi) is 7.36. The van der Waals surface area contributed by atoms with E-state index < -0.39 is 60.0 Å². The summed E-state index contributed by atoms with van der Waals surface area (Å²) in [6, 6.07) is -0.662. The number of hydrogen-bond acceptors (Lipinski definition) is 13. The second kappa shape index (κ2) is 9.17. The van der Waals surface area contributed by atoms with Gasteiger partial charge < -0.3 is 34.5 Å².